The topological polar surface area (TPSA) is 29.9 Å². The van der Waals surface area contributed by atoms with E-state index in [1.165, 1.54) is 30.3 Å². The third-order valence-corrected chi connectivity index (χ3v) is 3.15. The highest BCUT2D eigenvalue weighted by Crippen LogP contribution is 2.16. The molecule has 0 radical (unpaired) electrons. The average Bonchev–Trinajstić information content (AvgIpc) is 2.89. The van der Waals surface area contributed by atoms with Crippen molar-refractivity contribution in [3.8, 4) is 0 Å². The summed E-state index contributed by atoms with van der Waals surface area (Å²) in [5.41, 5.74) is 1.29. The van der Waals surface area contributed by atoms with Gasteiger partial charge in [-0.3, -0.25) is 4.98 Å². The number of aromatic nitrogens is 2. The van der Waals surface area contributed by atoms with Gasteiger partial charge < -0.3 is 9.88 Å². The number of nitrogens with zero attached hydrogens (tertiary/aromatic N) is 2. The molecule has 3 nitrogen and oxygen atoms in total. The van der Waals surface area contributed by atoms with E-state index in [9.17, 15) is 0 Å². The van der Waals surface area contributed by atoms with Gasteiger partial charge in [-0.15, -0.1) is 0 Å². The Kier molecular flexibility index (Phi) is 2.18. The number of pyridine rings is 1. The first kappa shape index (κ1) is 8.92. The van der Waals surface area contributed by atoms with Crippen molar-refractivity contribution in [1.82, 2.24) is 14.9 Å². The molecule has 15 heavy (non-hydrogen) atoms. The summed E-state index contributed by atoms with van der Waals surface area (Å²) >= 11 is 0. The highest BCUT2D eigenvalue weighted by molar-refractivity contribution is 5.78. The van der Waals surface area contributed by atoms with E-state index in [4.69, 9.17) is 0 Å². The lowest BCUT2D eigenvalue weighted by Crippen LogP contribution is -2.26. The van der Waals surface area contributed by atoms with Gasteiger partial charge in [0.15, 0.2) is 0 Å². The molecule has 0 bridgehead atoms. The van der Waals surface area contributed by atoms with E-state index in [1.807, 2.05) is 12.4 Å². The van der Waals surface area contributed by atoms with Crippen molar-refractivity contribution in [2.45, 2.75) is 25.4 Å². The second kappa shape index (κ2) is 3.66. The monoisotopic (exact) mass is 201 g/mol. The normalized spacial score (nSPS) is 21.2. The quantitative estimate of drug-likeness (QED) is 0.802. The molecule has 1 aliphatic rings. The van der Waals surface area contributed by atoms with Crippen molar-refractivity contribution in [2.75, 3.05) is 6.54 Å². The molecule has 2 aromatic rings. The maximum absolute atomic E-state index is 4.13. The smallest absolute Gasteiger partial charge is 0.0511 e. The van der Waals surface area contributed by atoms with Gasteiger partial charge in [0.2, 0.25) is 0 Å². The van der Waals surface area contributed by atoms with Crippen LogP contribution in [-0.4, -0.2) is 22.1 Å². The van der Waals surface area contributed by atoms with Crippen LogP contribution < -0.4 is 5.32 Å². The molecule has 1 aliphatic heterocycles. The molecular weight excluding hydrogens is 186 g/mol. The zero-order valence-corrected chi connectivity index (χ0v) is 8.69. The summed E-state index contributed by atoms with van der Waals surface area (Å²) in [6.07, 6.45) is 8.55. The summed E-state index contributed by atoms with van der Waals surface area (Å²) in [5.74, 6) is 0. The van der Waals surface area contributed by atoms with E-state index in [0.717, 1.165) is 6.54 Å². The molecule has 3 heterocycles. The van der Waals surface area contributed by atoms with Crippen molar-refractivity contribution in [3.63, 3.8) is 0 Å². The second-order valence-electron chi connectivity index (χ2n) is 4.20. The Morgan fingerprint density at radius 3 is 3.33 bits per heavy atom. The first-order valence-electron chi connectivity index (χ1n) is 5.56. The van der Waals surface area contributed by atoms with Gasteiger partial charge >= 0.3 is 0 Å². The van der Waals surface area contributed by atoms with Crippen LogP contribution in [0.25, 0.3) is 10.9 Å². The van der Waals surface area contributed by atoms with Crippen LogP contribution in [0.4, 0.5) is 0 Å². The van der Waals surface area contributed by atoms with Crippen LogP contribution in [0.1, 0.15) is 12.8 Å². The van der Waals surface area contributed by atoms with Gasteiger partial charge in [0, 0.05) is 36.6 Å². The zero-order chi connectivity index (χ0) is 10.1. The maximum atomic E-state index is 4.13. The van der Waals surface area contributed by atoms with Crippen LogP contribution in [0.5, 0.6) is 0 Å². The molecule has 1 saturated heterocycles. The minimum atomic E-state index is 0.647. The Hall–Kier alpha value is -1.35. The van der Waals surface area contributed by atoms with Gasteiger partial charge in [0.25, 0.3) is 0 Å². The summed E-state index contributed by atoms with van der Waals surface area (Å²) in [4.78, 5) is 4.13. The second-order valence-corrected chi connectivity index (χ2v) is 4.20. The maximum Gasteiger partial charge on any atom is 0.0511 e. The predicted octanol–water partition coefficient (Wildman–Crippen LogP) is 1.79. The van der Waals surface area contributed by atoms with Crippen LogP contribution in [0.2, 0.25) is 0 Å². The highest BCUT2D eigenvalue weighted by atomic mass is 15.0. The number of hydrogen-bond donors (Lipinski definition) is 1. The summed E-state index contributed by atoms with van der Waals surface area (Å²) in [7, 11) is 0. The molecule has 0 spiro atoms. The van der Waals surface area contributed by atoms with Gasteiger partial charge in [-0.05, 0) is 31.5 Å². The van der Waals surface area contributed by atoms with E-state index >= 15 is 0 Å². The molecule has 0 amide bonds. The highest BCUT2D eigenvalue weighted by Gasteiger charge is 2.14. The summed E-state index contributed by atoms with van der Waals surface area (Å²) in [5, 5.41) is 4.76. The fourth-order valence-electron chi connectivity index (χ4n) is 2.35. The number of rotatable bonds is 2. The standard InChI is InChI=1S/C12H15N3/c1-2-11(14-5-1)9-15-7-4-10-8-13-6-3-12(10)15/h3-4,6-8,11,14H,1-2,5,9H2. The summed E-state index contributed by atoms with van der Waals surface area (Å²) in [6.45, 7) is 2.25. The number of fused-ring (bicyclic) bond motifs is 1. The summed E-state index contributed by atoms with van der Waals surface area (Å²) in [6, 6.07) is 4.87. The molecule has 1 N–H and O–H groups in total. The Balaban J connectivity index is 1.90. The first-order valence-corrected chi connectivity index (χ1v) is 5.56. The molecule has 78 valence electrons. The average molecular weight is 201 g/mol. The van der Waals surface area contributed by atoms with Crippen molar-refractivity contribution in [3.05, 3.63) is 30.7 Å². The third-order valence-electron chi connectivity index (χ3n) is 3.15. The minimum Gasteiger partial charge on any atom is -0.346 e. The largest absolute Gasteiger partial charge is 0.346 e. The van der Waals surface area contributed by atoms with E-state index in [1.54, 1.807) is 0 Å². The fraction of sp³-hybridized carbons (Fsp3) is 0.417. The van der Waals surface area contributed by atoms with Crippen molar-refractivity contribution in [2.24, 2.45) is 0 Å². The Morgan fingerprint density at radius 2 is 2.47 bits per heavy atom. The van der Waals surface area contributed by atoms with E-state index < -0.39 is 0 Å². The Labute approximate surface area is 89.1 Å². The van der Waals surface area contributed by atoms with E-state index in [2.05, 4.69) is 33.2 Å². The summed E-state index contributed by atoms with van der Waals surface area (Å²) < 4.78 is 2.32. The Bertz CT molecular complexity index is 455. The molecule has 0 saturated carbocycles. The molecule has 3 rings (SSSR count). The van der Waals surface area contributed by atoms with Crippen molar-refractivity contribution in [1.29, 1.82) is 0 Å². The molecule has 0 aromatic carbocycles. The lowest BCUT2D eigenvalue weighted by atomic mass is 10.2. The minimum absolute atomic E-state index is 0.647. The number of hydrogen-bond acceptors (Lipinski definition) is 2. The van der Waals surface area contributed by atoms with E-state index in [-0.39, 0.29) is 0 Å². The third kappa shape index (κ3) is 1.63. The van der Waals surface area contributed by atoms with Gasteiger partial charge in [0.05, 0.1) is 5.52 Å². The van der Waals surface area contributed by atoms with Crippen LogP contribution >= 0.6 is 0 Å². The molecular formula is C12H15N3. The molecule has 1 fully saturated rings. The molecule has 2 aromatic heterocycles. The lowest BCUT2D eigenvalue weighted by molar-refractivity contribution is 0.519. The van der Waals surface area contributed by atoms with Gasteiger partial charge in [0.1, 0.15) is 0 Å². The SMILES string of the molecule is c1cc2c(ccn2CC2CCCN2)cn1. The first-order chi connectivity index (χ1) is 7.43. The van der Waals surface area contributed by atoms with E-state index in [0.29, 0.717) is 6.04 Å². The van der Waals surface area contributed by atoms with Gasteiger partial charge in [-0.2, -0.15) is 0 Å². The van der Waals surface area contributed by atoms with Crippen LogP contribution in [0, 0.1) is 0 Å². The van der Waals surface area contributed by atoms with Crippen LogP contribution in [-0.2, 0) is 6.54 Å². The zero-order valence-electron chi connectivity index (χ0n) is 8.69. The lowest BCUT2D eigenvalue weighted by Gasteiger charge is -2.12. The van der Waals surface area contributed by atoms with Crippen molar-refractivity contribution < 1.29 is 0 Å². The van der Waals surface area contributed by atoms with Gasteiger partial charge in [-0.1, -0.05) is 0 Å². The molecule has 1 atom stereocenters. The fourth-order valence-corrected chi connectivity index (χ4v) is 2.35. The van der Waals surface area contributed by atoms with Gasteiger partial charge in [-0.25, -0.2) is 0 Å². The van der Waals surface area contributed by atoms with Crippen molar-refractivity contribution >= 4 is 10.9 Å². The predicted molar refractivity (Wildman–Crippen MR) is 60.8 cm³/mol. The molecule has 1 unspecified atom stereocenters. The van der Waals surface area contributed by atoms with Crippen LogP contribution in [0.15, 0.2) is 30.7 Å². The van der Waals surface area contributed by atoms with Crippen LogP contribution in [0.3, 0.4) is 0 Å². The molecule has 0 aliphatic carbocycles. The Morgan fingerprint density at radius 1 is 1.47 bits per heavy atom. The molecule has 3 heteroatoms. The number of nitrogens with one attached hydrogen (secondary N) is 1.